The second kappa shape index (κ2) is 5.90. The van der Waals surface area contributed by atoms with Crippen molar-refractivity contribution in [3.8, 4) is 0 Å². The SMILES string of the molecule is COC(C)(CN(C)C)C(F)(F)C(F)(F)C(F)(Cl)C(F)(F)Cl. The maximum absolute atomic E-state index is 14.0. The molecule has 0 bridgehead atoms. The fourth-order valence-electron chi connectivity index (χ4n) is 1.60. The highest BCUT2D eigenvalue weighted by Crippen LogP contribution is 2.58. The molecule has 11 heteroatoms. The predicted molar refractivity (Wildman–Crippen MR) is 64.4 cm³/mol. The molecular formula is C10H14Cl2F7NO. The lowest BCUT2D eigenvalue weighted by atomic mass is 9.89. The molecular weight excluding hydrogens is 354 g/mol. The highest BCUT2D eigenvalue weighted by Gasteiger charge is 2.82. The summed E-state index contributed by atoms with van der Waals surface area (Å²) < 4.78 is 98.5. The van der Waals surface area contributed by atoms with Crippen LogP contribution in [0, 0.1) is 0 Å². The summed E-state index contributed by atoms with van der Waals surface area (Å²) >= 11 is 8.45. The van der Waals surface area contributed by atoms with Gasteiger partial charge in [-0.25, -0.2) is 4.39 Å². The molecule has 0 heterocycles. The van der Waals surface area contributed by atoms with Crippen molar-refractivity contribution < 1.29 is 35.5 Å². The van der Waals surface area contributed by atoms with Crippen molar-refractivity contribution in [1.82, 2.24) is 4.90 Å². The standard InChI is InChI=1S/C10H14Cl2F7NO/c1-6(21-4,5-20(2)3)8(14,15)9(16,17)7(11,13)10(12,18)19/h5H2,1-4H3. The number of methoxy groups -OCH3 is 1. The monoisotopic (exact) mass is 367 g/mol. The van der Waals surface area contributed by atoms with E-state index in [-0.39, 0.29) is 0 Å². The number of likely N-dealkylation sites (N-methyl/N-ethyl adjacent to an activating group) is 1. The Labute approximate surface area is 127 Å². The van der Waals surface area contributed by atoms with Gasteiger partial charge in [-0.1, -0.05) is 11.6 Å². The Morgan fingerprint density at radius 3 is 1.52 bits per heavy atom. The van der Waals surface area contributed by atoms with Crippen molar-refractivity contribution in [3.05, 3.63) is 0 Å². The van der Waals surface area contributed by atoms with Gasteiger partial charge in [0.25, 0.3) is 0 Å². The molecule has 0 aromatic heterocycles. The summed E-state index contributed by atoms with van der Waals surface area (Å²) in [5, 5.41) is -11.0. The van der Waals surface area contributed by atoms with E-state index < -0.39 is 34.5 Å². The van der Waals surface area contributed by atoms with Gasteiger partial charge in [-0.05, 0) is 32.6 Å². The van der Waals surface area contributed by atoms with Crippen molar-refractivity contribution >= 4 is 23.2 Å². The van der Waals surface area contributed by atoms with Crippen LogP contribution in [0.5, 0.6) is 0 Å². The molecule has 0 N–H and O–H groups in total. The number of halogens is 9. The molecule has 0 saturated heterocycles. The first kappa shape index (κ1) is 21.0. The quantitative estimate of drug-likeness (QED) is 0.498. The fourth-order valence-corrected chi connectivity index (χ4v) is 1.84. The topological polar surface area (TPSA) is 12.5 Å². The Morgan fingerprint density at radius 2 is 1.29 bits per heavy atom. The van der Waals surface area contributed by atoms with Crippen LogP contribution < -0.4 is 0 Å². The average Bonchev–Trinajstić information content (AvgIpc) is 2.25. The number of nitrogens with zero attached hydrogens (tertiary/aromatic N) is 1. The summed E-state index contributed by atoms with van der Waals surface area (Å²) in [6.07, 6.45) is 0. The van der Waals surface area contributed by atoms with Crippen LogP contribution in [0.2, 0.25) is 0 Å². The van der Waals surface area contributed by atoms with Gasteiger partial charge in [0.1, 0.15) is 5.60 Å². The predicted octanol–water partition coefficient (Wildman–Crippen LogP) is 3.96. The lowest BCUT2D eigenvalue weighted by Crippen LogP contribution is -2.69. The van der Waals surface area contributed by atoms with Crippen molar-refractivity contribution in [2.75, 3.05) is 27.7 Å². The van der Waals surface area contributed by atoms with E-state index in [4.69, 9.17) is 0 Å². The molecule has 0 aliphatic heterocycles. The van der Waals surface area contributed by atoms with Crippen LogP contribution in [0.4, 0.5) is 30.7 Å². The van der Waals surface area contributed by atoms with Crippen molar-refractivity contribution in [2.45, 2.75) is 34.9 Å². The number of rotatable bonds is 7. The van der Waals surface area contributed by atoms with E-state index in [0.29, 0.717) is 14.0 Å². The van der Waals surface area contributed by atoms with Gasteiger partial charge in [-0.3, -0.25) is 0 Å². The van der Waals surface area contributed by atoms with E-state index in [9.17, 15) is 30.7 Å². The number of ether oxygens (including phenoxy) is 1. The number of hydrogen-bond donors (Lipinski definition) is 0. The Kier molecular flexibility index (Phi) is 5.90. The summed E-state index contributed by atoms with van der Waals surface area (Å²) in [4.78, 5) is 1.03. The van der Waals surface area contributed by atoms with E-state index in [1.807, 2.05) is 0 Å². The molecule has 0 amide bonds. The Hall–Kier alpha value is 0.01000. The second-order valence-electron chi connectivity index (χ2n) is 4.89. The zero-order valence-corrected chi connectivity index (χ0v) is 13.0. The molecule has 21 heavy (non-hydrogen) atoms. The first-order valence-corrected chi connectivity index (χ1v) is 6.13. The number of alkyl halides is 9. The van der Waals surface area contributed by atoms with Crippen molar-refractivity contribution in [1.29, 1.82) is 0 Å². The minimum absolute atomic E-state index is 0.514. The van der Waals surface area contributed by atoms with Gasteiger partial charge >= 0.3 is 22.4 Å². The highest BCUT2D eigenvalue weighted by molar-refractivity contribution is 6.33. The Morgan fingerprint density at radius 1 is 0.905 bits per heavy atom. The van der Waals surface area contributed by atoms with E-state index >= 15 is 0 Å². The van der Waals surface area contributed by atoms with E-state index in [1.54, 1.807) is 0 Å². The minimum Gasteiger partial charge on any atom is -0.371 e. The first-order chi connectivity index (χ1) is 8.98. The summed E-state index contributed by atoms with van der Waals surface area (Å²) in [6.45, 7) is -0.312. The average molecular weight is 368 g/mol. The lowest BCUT2D eigenvalue weighted by molar-refractivity contribution is -0.334. The van der Waals surface area contributed by atoms with Crippen LogP contribution in [-0.4, -0.2) is 60.6 Å². The molecule has 2 atom stereocenters. The van der Waals surface area contributed by atoms with Gasteiger partial charge in [0.05, 0.1) is 0 Å². The van der Waals surface area contributed by atoms with Crippen LogP contribution >= 0.6 is 23.2 Å². The van der Waals surface area contributed by atoms with E-state index in [2.05, 4.69) is 27.9 Å². The molecule has 128 valence electrons. The Balaban J connectivity index is 5.97. The summed E-state index contributed by atoms with van der Waals surface area (Å²) in [7, 11) is 3.14. The van der Waals surface area contributed by atoms with E-state index in [0.717, 1.165) is 4.90 Å². The Bertz CT molecular complexity index is 373. The first-order valence-electron chi connectivity index (χ1n) is 5.38. The number of hydrogen-bond acceptors (Lipinski definition) is 2. The molecule has 0 saturated carbocycles. The third-order valence-corrected chi connectivity index (χ3v) is 3.71. The van der Waals surface area contributed by atoms with Gasteiger partial charge in [0.15, 0.2) is 0 Å². The highest BCUT2D eigenvalue weighted by atomic mass is 35.5. The van der Waals surface area contributed by atoms with Crippen LogP contribution in [-0.2, 0) is 4.74 Å². The van der Waals surface area contributed by atoms with Crippen LogP contribution in [0.1, 0.15) is 6.92 Å². The van der Waals surface area contributed by atoms with Crippen molar-refractivity contribution in [2.24, 2.45) is 0 Å². The third-order valence-electron chi connectivity index (χ3n) is 2.88. The molecule has 0 aromatic carbocycles. The summed E-state index contributed by atoms with van der Waals surface area (Å²) in [5.41, 5.74) is -3.01. The van der Waals surface area contributed by atoms with Crippen molar-refractivity contribution in [3.63, 3.8) is 0 Å². The minimum atomic E-state index is -6.02. The van der Waals surface area contributed by atoms with Crippen LogP contribution in [0.3, 0.4) is 0 Å². The molecule has 0 fully saturated rings. The maximum Gasteiger partial charge on any atom is 0.375 e. The molecule has 0 radical (unpaired) electrons. The zero-order chi connectivity index (χ0) is 17.5. The molecule has 2 unspecified atom stereocenters. The van der Waals surface area contributed by atoms with Gasteiger partial charge in [-0.15, -0.1) is 0 Å². The lowest BCUT2D eigenvalue weighted by Gasteiger charge is -2.44. The second-order valence-corrected chi connectivity index (χ2v) is 5.89. The zero-order valence-electron chi connectivity index (χ0n) is 11.5. The normalized spacial score (nSPS) is 20.3. The molecule has 2 nitrogen and oxygen atoms in total. The summed E-state index contributed by atoms with van der Waals surface area (Å²) in [6, 6.07) is 0. The van der Waals surface area contributed by atoms with Crippen LogP contribution in [0.15, 0.2) is 0 Å². The fraction of sp³-hybridized carbons (Fsp3) is 1.00. The van der Waals surface area contributed by atoms with E-state index in [1.165, 1.54) is 14.1 Å². The molecule has 0 aliphatic rings. The van der Waals surface area contributed by atoms with Gasteiger partial charge in [-0.2, -0.15) is 26.3 Å². The molecule has 0 rings (SSSR count). The molecule has 0 aliphatic carbocycles. The van der Waals surface area contributed by atoms with Crippen LogP contribution in [0.25, 0.3) is 0 Å². The van der Waals surface area contributed by atoms with Gasteiger partial charge < -0.3 is 9.64 Å². The van der Waals surface area contributed by atoms with Gasteiger partial charge in [0, 0.05) is 13.7 Å². The third kappa shape index (κ3) is 3.35. The smallest absolute Gasteiger partial charge is 0.371 e. The van der Waals surface area contributed by atoms with Gasteiger partial charge in [0.2, 0.25) is 0 Å². The largest absolute Gasteiger partial charge is 0.375 e. The molecule has 0 aromatic rings. The molecule has 0 spiro atoms. The summed E-state index contributed by atoms with van der Waals surface area (Å²) in [5.74, 6) is -11.4. The maximum atomic E-state index is 14.0.